The molecule has 6 nitrogen and oxygen atoms in total. The smallest absolute Gasteiger partial charge is 0.246 e. The van der Waals surface area contributed by atoms with Gasteiger partial charge < -0.3 is 0 Å². The van der Waals surface area contributed by atoms with Crippen LogP contribution in [0.1, 0.15) is 49.6 Å². The Morgan fingerprint density at radius 3 is 2.57 bits per heavy atom. The predicted octanol–water partition coefficient (Wildman–Crippen LogP) is 1.94. The van der Waals surface area contributed by atoms with Gasteiger partial charge in [-0.15, -0.1) is 5.10 Å². The molecule has 0 radical (unpaired) electrons. The van der Waals surface area contributed by atoms with E-state index in [0.717, 1.165) is 29.8 Å². The number of aryl methyl sites for hydroxylation is 1. The van der Waals surface area contributed by atoms with Gasteiger partial charge in [0.25, 0.3) is 5.78 Å². The molecule has 2 aromatic heterocycles. The lowest BCUT2D eigenvalue weighted by atomic mass is 10.0. The monoisotopic (exact) mass is 285 g/mol. The van der Waals surface area contributed by atoms with Gasteiger partial charge in [-0.1, -0.05) is 13.8 Å². The highest BCUT2D eigenvalue weighted by molar-refractivity contribution is 5.37. The van der Waals surface area contributed by atoms with Gasteiger partial charge in [0.2, 0.25) is 0 Å². The Kier molecular flexibility index (Phi) is 2.90. The lowest BCUT2D eigenvalue weighted by Crippen LogP contribution is -2.26. The molecule has 110 valence electrons. The molecule has 1 aliphatic rings. The molecule has 2 heterocycles. The van der Waals surface area contributed by atoms with Crippen LogP contribution in [0.2, 0.25) is 0 Å². The van der Waals surface area contributed by atoms with Crippen molar-refractivity contribution in [1.82, 2.24) is 19.2 Å². The van der Waals surface area contributed by atoms with Crippen LogP contribution in [0.3, 0.4) is 0 Å². The van der Waals surface area contributed by atoms with Crippen molar-refractivity contribution in [1.29, 1.82) is 5.26 Å². The zero-order chi connectivity index (χ0) is 15.4. The van der Waals surface area contributed by atoms with E-state index in [1.54, 1.807) is 4.40 Å². The molecule has 0 bridgehead atoms. The molecule has 6 heteroatoms. The van der Waals surface area contributed by atoms with E-state index in [1.165, 1.54) is 4.68 Å². The van der Waals surface area contributed by atoms with Gasteiger partial charge in [-0.2, -0.15) is 5.26 Å². The quantitative estimate of drug-likeness (QED) is 0.863. The number of nitrogens with zero attached hydrogens (tertiary/aromatic N) is 5. The van der Waals surface area contributed by atoms with Crippen LogP contribution in [0.15, 0.2) is 4.79 Å². The average molecular weight is 285 g/mol. The number of hydrogen-bond acceptors (Lipinski definition) is 4. The fourth-order valence-corrected chi connectivity index (χ4v) is 2.71. The van der Waals surface area contributed by atoms with Gasteiger partial charge >= 0.3 is 5.69 Å². The van der Waals surface area contributed by atoms with Crippen LogP contribution in [0.25, 0.3) is 5.78 Å². The van der Waals surface area contributed by atoms with Crippen LogP contribution in [0.5, 0.6) is 0 Å². The Bertz CT molecular complexity index is 817. The molecule has 0 spiro atoms. The lowest BCUT2D eigenvalue weighted by molar-refractivity contribution is 0.472. The van der Waals surface area contributed by atoms with E-state index in [-0.39, 0.29) is 11.6 Å². The Morgan fingerprint density at radius 2 is 2.05 bits per heavy atom. The molecule has 2 aromatic rings. The number of fused-ring (bicyclic) bond motifs is 1. The van der Waals surface area contributed by atoms with E-state index in [4.69, 9.17) is 0 Å². The predicted molar refractivity (Wildman–Crippen MR) is 78.1 cm³/mol. The van der Waals surface area contributed by atoms with Gasteiger partial charge in [0.1, 0.15) is 0 Å². The standard InChI is InChI=1S/C15H19N5O/c1-9(2)12-10(3)11(4)20-13(17-12)18-19(14(20)21)8-15(7-16)5-6-15/h9H,5-6,8H2,1-4H3. The molecule has 0 atom stereocenters. The van der Waals surface area contributed by atoms with Crippen LogP contribution < -0.4 is 5.69 Å². The summed E-state index contributed by atoms with van der Waals surface area (Å²) >= 11 is 0. The molecule has 0 aromatic carbocycles. The van der Waals surface area contributed by atoms with E-state index < -0.39 is 5.41 Å². The van der Waals surface area contributed by atoms with E-state index in [0.29, 0.717) is 12.3 Å². The number of rotatable bonds is 3. The summed E-state index contributed by atoms with van der Waals surface area (Å²) in [5, 5.41) is 13.5. The summed E-state index contributed by atoms with van der Waals surface area (Å²) in [6.45, 7) is 8.42. The van der Waals surface area contributed by atoms with Crippen LogP contribution in [0.4, 0.5) is 0 Å². The summed E-state index contributed by atoms with van der Waals surface area (Å²) in [5.74, 6) is 0.711. The van der Waals surface area contributed by atoms with Crippen molar-refractivity contribution in [2.45, 2.75) is 53.0 Å². The summed E-state index contributed by atoms with van der Waals surface area (Å²) in [4.78, 5) is 17.1. The third-order valence-electron chi connectivity index (χ3n) is 4.40. The largest absolute Gasteiger partial charge is 0.351 e. The highest BCUT2D eigenvalue weighted by Crippen LogP contribution is 2.45. The zero-order valence-electron chi connectivity index (χ0n) is 12.8. The van der Waals surface area contributed by atoms with E-state index in [1.807, 2.05) is 13.8 Å². The molecular formula is C15H19N5O. The third-order valence-corrected chi connectivity index (χ3v) is 4.40. The molecule has 3 rings (SSSR count). The van der Waals surface area contributed by atoms with E-state index in [9.17, 15) is 10.1 Å². The van der Waals surface area contributed by atoms with Crippen molar-refractivity contribution < 1.29 is 0 Å². The van der Waals surface area contributed by atoms with Gasteiger partial charge in [-0.05, 0) is 38.2 Å². The molecule has 1 saturated carbocycles. The first-order chi connectivity index (χ1) is 9.88. The minimum atomic E-state index is -0.397. The lowest BCUT2D eigenvalue weighted by Gasteiger charge is -2.11. The van der Waals surface area contributed by atoms with Crippen molar-refractivity contribution in [2.24, 2.45) is 5.41 Å². The van der Waals surface area contributed by atoms with Crippen molar-refractivity contribution in [3.63, 3.8) is 0 Å². The normalized spacial score (nSPS) is 16.4. The van der Waals surface area contributed by atoms with E-state index in [2.05, 4.69) is 30.0 Å². The van der Waals surface area contributed by atoms with Gasteiger partial charge in [-0.3, -0.25) is 0 Å². The maximum absolute atomic E-state index is 12.5. The first-order valence-corrected chi connectivity index (χ1v) is 7.26. The highest BCUT2D eigenvalue weighted by Gasteiger charge is 2.44. The molecule has 0 unspecified atom stereocenters. The van der Waals surface area contributed by atoms with Gasteiger partial charge in [0.15, 0.2) is 0 Å². The highest BCUT2D eigenvalue weighted by atomic mass is 16.2. The molecular weight excluding hydrogens is 266 g/mol. The summed E-state index contributed by atoms with van der Waals surface area (Å²) in [5.41, 5.74) is 2.28. The zero-order valence-corrected chi connectivity index (χ0v) is 12.8. The molecule has 0 saturated heterocycles. The van der Waals surface area contributed by atoms with Gasteiger partial charge in [-0.25, -0.2) is 18.9 Å². The summed E-state index contributed by atoms with van der Waals surface area (Å²) in [6, 6.07) is 2.30. The summed E-state index contributed by atoms with van der Waals surface area (Å²) < 4.78 is 2.95. The average Bonchev–Trinajstić information content (AvgIpc) is 3.14. The van der Waals surface area contributed by atoms with Crippen LogP contribution in [-0.2, 0) is 6.54 Å². The van der Waals surface area contributed by atoms with E-state index >= 15 is 0 Å². The van der Waals surface area contributed by atoms with Gasteiger partial charge in [0.05, 0.1) is 23.7 Å². The Labute approximate surface area is 123 Å². The van der Waals surface area contributed by atoms with Crippen LogP contribution in [-0.4, -0.2) is 19.2 Å². The van der Waals surface area contributed by atoms with Crippen LogP contribution >= 0.6 is 0 Å². The number of aromatic nitrogens is 4. The van der Waals surface area contributed by atoms with Crippen molar-refractivity contribution in [3.8, 4) is 6.07 Å². The fraction of sp³-hybridized carbons (Fsp3) is 0.600. The molecule has 1 aliphatic carbocycles. The minimum Gasteiger partial charge on any atom is -0.246 e. The summed E-state index contributed by atoms with van der Waals surface area (Å²) in [6.07, 6.45) is 1.68. The minimum absolute atomic E-state index is 0.199. The van der Waals surface area contributed by atoms with Crippen molar-refractivity contribution >= 4 is 5.78 Å². The van der Waals surface area contributed by atoms with Crippen molar-refractivity contribution in [3.05, 3.63) is 27.4 Å². The van der Waals surface area contributed by atoms with Crippen LogP contribution in [0, 0.1) is 30.6 Å². The number of nitriles is 1. The fourth-order valence-electron chi connectivity index (χ4n) is 2.71. The first-order valence-electron chi connectivity index (χ1n) is 7.26. The maximum Gasteiger partial charge on any atom is 0.351 e. The Hall–Kier alpha value is -2.16. The maximum atomic E-state index is 12.5. The molecule has 21 heavy (non-hydrogen) atoms. The van der Waals surface area contributed by atoms with Crippen molar-refractivity contribution in [2.75, 3.05) is 0 Å². The number of hydrogen-bond donors (Lipinski definition) is 0. The molecule has 1 fully saturated rings. The topological polar surface area (TPSA) is 76.0 Å². The van der Waals surface area contributed by atoms with Gasteiger partial charge in [0, 0.05) is 5.69 Å². The molecule has 0 amide bonds. The second kappa shape index (κ2) is 4.42. The second-order valence-electron chi connectivity index (χ2n) is 6.33. The first kappa shape index (κ1) is 13.8. The Balaban J connectivity index is 2.18. The Morgan fingerprint density at radius 1 is 1.38 bits per heavy atom. The second-order valence-corrected chi connectivity index (χ2v) is 6.33. The third kappa shape index (κ3) is 2.04. The summed E-state index contributed by atoms with van der Waals surface area (Å²) in [7, 11) is 0. The SMILES string of the molecule is Cc1c(C(C)C)nc2nn(CC3(C#N)CC3)c(=O)n2c1C. The molecule has 0 N–H and O–H groups in total. The molecule has 0 aliphatic heterocycles.